The molecule has 0 fully saturated rings. The van der Waals surface area contributed by atoms with Gasteiger partial charge >= 0.3 is 0 Å². The zero-order valence-electron chi connectivity index (χ0n) is 12.9. The van der Waals surface area contributed by atoms with Crippen LogP contribution in [0.4, 0.5) is 0 Å². The molecule has 0 aliphatic carbocycles. The van der Waals surface area contributed by atoms with Crippen LogP contribution in [0.5, 0.6) is 17.2 Å². The fourth-order valence-corrected chi connectivity index (χ4v) is 3.04. The third-order valence-corrected chi connectivity index (χ3v) is 4.32. The van der Waals surface area contributed by atoms with Gasteiger partial charge in [0.05, 0.1) is 6.10 Å². The topological polar surface area (TPSA) is 69.9 Å². The number of aryl methyl sites for hydroxylation is 2. The third kappa shape index (κ3) is 2.29. The van der Waals surface area contributed by atoms with Crippen LogP contribution in [0.1, 0.15) is 33.9 Å². The van der Waals surface area contributed by atoms with Crippen molar-refractivity contribution in [2.45, 2.75) is 39.4 Å². The number of fused-ring (bicyclic) bond motifs is 1. The molecule has 3 N–H and O–H groups in total. The molecule has 4 nitrogen and oxygen atoms in total. The monoisotopic (exact) mass is 300 g/mol. The lowest BCUT2D eigenvalue weighted by Crippen LogP contribution is -2.30. The minimum atomic E-state index is -0.667. The summed E-state index contributed by atoms with van der Waals surface area (Å²) in [5.41, 5.74) is 3.91. The van der Waals surface area contributed by atoms with E-state index in [2.05, 4.69) is 0 Å². The largest absolute Gasteiger partial charge is 0.508 e. The van der Waals surface area contributed by atoms with Crippen LogP contribution in [0.15, 0.2) is 24.3 Å². The SMILES string of the molecule is Cc1cc(C2Oc3c(ccc(O)c3C)CC2O)cc(C)c1O. The van der Waals surface area contributed by atoms with Gasteiger partial charge in [0.15, 0.2) is 0 Å². The Bertz CT molecular complexity index is 713. The van der Waals surface area contributed by atoms with Gasteiger partial charge in [-0.15, -0.1) is 0 Å². The summed E-state index contributed by atoms with van der Waals surface area (Å²) in [7, 11) is 0. The van der Waals surface area contributed by atoms with E-state index in [1.807, 2.05) is 26.0 Å². The Morgan fingerprint density at radius 1 is 1.05 bits per heavy atom. The van der Waals surface area contributed by atoms with E-state index in [1.54, 1.807) is 19.1 Å². The van der Waals surface area contributed by atoms with Crippen molar-refractivity contribution in [1.29, 1.82) is 0 Å². The summed E-state index contributed by atoms with van der Waals surface area (Å²) in [6.45, 7) is 5.45. The summed E-state index contributed by atoms with van der Waals surface area (Å²) in [5, 5.41) is 30.2. The summed E-state index contributed by atoms with van der Waals surface area (Å²) < 4.78 is 6.00. The molecule has 0 saturated heterocycles. The zero-order chi connectivity index (χ0) is 16.0. The second kappa shape index (κ2) is 5.21. The molecular formula is C18H20O4. The van der Waals surface area contributed by atoms with E-state index in [1.165, 1.54) is 0 Å². The van der Waals surface area contributed by atoms with Gasteiger partial charge in [-0.2, -0.15) is 0 Å². The van der Waals surface area contributed by atoms with Gasteiger partial charge in [-0.05, 0) is 61.2 Å². The summed E-state index contributed by atoms with van der Waals surface area (Å²) in [6.07, 6.45) is -0.703. The maximum Gasteiger partial charge on any atom is 0.150 e. The molecule has 0 aromatic heterocycles. The summed E-state index contributed by atoms with van der Waals surface area (Å²) in [4.78, 5) is 0. The number of hydrogen-bond donors (Lipinski definition) is 3. The normalized spacial score (nSPS) is 20.4. The molecule has 3 rings (SSSR count). The van der Waals surface area contributed by atoms with E-state index in [0.29, 0.717) is 17.7 Å². The standard InChI is InChI=1S/C18H20O4/c1-9-6-13(7-10(2)16(9)21)18-15(20)8-12-4-5-14(19)11(3)17(12)22-18/h4-7,15,18-21H,8H2,1-3H3. The van der Waals surface area contributed by atoms with Gasteiger partial charge in [0.25, 0.3) is 0 Å². The van der Waals surface area contributed by atoms with Gasteiger partial charge in [0.2, 0.25) is 0 Å². The summed E-state index contributed by atoms with van der Waals surface area (Å²) in [6, 6.07) is 7.07. The second-order valence-electron chi connectivity index (χ2n) is 6.01. The van der Waals surface area contributed by atoms with E-state index in [4.69, 9.17) is 4.74 Å². The Morgan fingerprint density at radius 3 is 2.32 bits per heavy atom. The molecule has 0 radical (unpaired) electrons. The number of phenolic OH excluding ortho intramolecular Hbond substituents is 2. The van der Waals surface area contributed by atoms with Crippen molar-refractivity contribution in [3.05, 3.63) is 52.1 Å². The van der Waals surface area contributed by atoms with Crippen LogP contribution in [-0.2, 0) is 6.42 Å². The van der Waals surface area contributed by atoms with Crippen LogP contribution in [0, 0.1) is 20.8 Å². The number of phenols is 2. The molecule has 2 atom stereocenters. The predicted molar refractivity (Wildman–Crippen MR) is 83.5 cm³/mol. The minimum Gasteiger partial charge on any atom is -0.508 e. The lowest BCUT2D eigenvalue weighted by Gasteiger charge is -2.32. The number of aliphatic hydroxyl groups is 1. The van der Waals surface area contributed by atoms with E-state index >= 15 is 0 Å². The van der Waals surface area contributed by atoms with Gasteiger partial charge in [-0.25, -0.2) is 0 Å². The van der Waals surface area contributed by atoms with Crippen LogP contribution in [0.3, 0.4) is 0 Å². The Kier molecular flexibility index (Phi) is 3.49. The lowest BCUT2D eigenvalue weighted by molar-refractivity contribution is 0.0200. The summed E-state index contributed by atoms with van der Waals surface area (Å²) in [5.74, 6) is 1.09. The van der Waals surface area contributed by atoms with Crippen molar-refractivity contribution in [2.24, 2.45) is 0 Å². The molecule has 1 aliphatic rings. The highest BCUT2D eigenvalue weighted by atomic mass is 16.5. The Morgan fingerprint density at radius 2 is 1.68 bits per heavy atom. The van der Waals surface area contributed by atoms with E-state index in [-0.39, 0.29) is 11.5 Å². The average molecular weight is 300 g/mol. The van der Waals surface area contributed by atoms with Crippen LogP contribution in [0.25, 0.3) is 0 Å². The molecule has 0 bridgehead atoms. The van der Waals surface area contributed by atoms with Crippen LogP contribution >= 0.6 is 0 Å². The molecule has 22 heavy (non-hydrogen) atoms. The van der Waals surface area contributed by atoms with Crippen molar-refractivity contribution in [3.63, 3.8) is 0 Å². The molecular weight excluding hydrogens is 280 g/mol. The number of benzene rings is 2. The molecule has 2 unspecified atom stereocenters. The van der Waals surface area contributed by atoms with Crippen molar-refractivity contribution >= 4 is 0 Å². The number of aromatic hydroxyl groups is 2. The van der Waals surface area contributed by atoms with Crippen molar-refractivity contribution in [2.75, 3.05) is 0 Å². The highest BCUT2D eigenvalue weighted by molar-refractivity contribution is 5.51. The Labute approximate surface area is 129 Å². The molecule has 2 aromatic carbocycles. The molecule has 1 aliphatic heterocycles. The third-order valence-electron chi connectivity index (χ3n) is 4.32. The smallest absolute Gasteiger partial charge is 0.150 e. The van der Waals surface area contributed by atoms with Gasteiger partial charge < -0.3 is 20.1 Å². The average Bonchev–Trinajstić information content (AvgIpc) is 2.48. The van der Waals surface area contributed by atoms with Crippen LogP contribution in [0.2, 0.25) is 0 Å². The van der Waals surface area contributed by atoms with E-state index in [0.717, 1.165) is 22.3 Å². The quantitative estimate of drug-likeness (QED) is 0.757. The molecule has 0 amide bonds. The Balaban J connectivity index is 2.04. The van der Waals surface area contributed by atoms with Crippen LogP contribution < -0.4 is 4.74 Å². The van der Waals surface area contributed by atoms with Gasteiger partial charge in [-0.1, -0.05) is 6.07 Å². The zero-order valence-corrected chi connectivity index (χ0v) is 12.9. The van der Waals surface area contributed by atoms with E-state index < -0.39 is 12.2 Å². The second-order valence-corrected chi connectivity index (χ2v) is 6.01. The number of hydrogen-bond acceptors (Lipinski definition) is 4. The highest BCUT2D eigenvalue weighted by Crippen LogP contribution is 2.41. The van der Waals surface area contributed by atoms with Gasteiger partial charge in [0.1, 0.15) is 23.4 Å². The molecule has 0 saturated carbocycles. The molecule has 2 aromatic rings. The number of ether oxygens (including phenoxy) is 1. The first-order valence-corrected chi connectivity index (χ1v) is 7.34. The maximum atomic E-state index is 10.4. The van der Waals surface area contributed by atoms with Gasteiger partial charge in [-0.3, -0.25) is 0 Å². The Hall–Kier alpha value is -2.20. The van der Waals surface area contributed by atoms with Gasteiger partial charge in [0, 0.05) is 12.0 Å². The van der Waals surface area contributed by atoms with Crippen molar-refractivity contribution in [3.8, 4) is 17.2 Å². The minimum absolute atomic E-state index is 0.187. The number of rotatable bonds is 1. The fraction of sp³-hybridized carbons (Fsp3) is 0.333. The fourth-order valence-electron chi connectivity index (χ4n) is 3.04. The maximum absolute atomic E-state index is 10.4. The molecule has 4 heteroatoms. The lowest BCUT2D eigenvalue weighted by atomic mass is 9.91. The molecule has 1 heterocycles. The van der Waals surface area contributed by atoms with Crippen LogP contribution in [-0.4, -0.2) is 21.4 Å². The number of aliphatic hydroxyl groups excluding tert-OH is 1. The predicted octanol–water partition coefficient (Wildman–Crippen LogP) is 3.06. The summed E-state index contributed by atoms with van der Waals surface area (Å²) >= 11 is 0. The first kappa shape index (κ1) is 14.7. The van der Waals surface area contributed by atoms with Crippen molar-refractivity contribution < 1.29 is 20.1 Å². The molecule has 0 spiro atoms. The first-order valence-electron chi connectivity index (χ1n) is 7.34. The first-order chi connectivity index (χ1) is 10.4. The highest BCUT2D eigenvalue weighted by Gasteiger charge is 2.31. The van der Waals surface area contributed by atoms with E-state index in [9.17, 15) is 15.3 Å². The molecule has 116 valence electrons. The van der Waals surface area contributed by atoms with Crippen molar-refractivity contribution in [1.82, 2.24) is 0 Å².